The fourth-order valence-corrected chi connectivity index (χ4v) is 9.54. The Morgan fingerprint density at radius 1 is 1.23 bits per heavy atom. The second-order valence-corrected chi connectivity index (χ2v) is 13.4. The van der Waals surface area contributed by atoms with Gasteiger partial charge in [-0.25, -0.2) is 0 Å². The number of fused-ring (bicyclic) bond motifs is 2. The average Bonchev–Trinajstić information content (AvgIpc) is 3.66. The van der Waals surface area contributed by atoms with E-state index in [2.05, 4.69) is 25.7 Å². The number of methoxy groups -OCH3 is 1. The summed E-state index contributed by atoms with van der Waals surface area (Å²) in [6.07, 6.45) is 6.49. The van der Waals surface area contributed by atoms with E-state index in [4.69, 9.17) is 9.47 Å². The van der Waals surface area contributed by atoms with Crippen LogP contribution >= 0.6 is 0 Å². The second kappa shape index (κ2) is 6.76. The molecule has 7 atom stereocenters. The zero-order chi connectivity index (χ0) is 26.4. The van der Waals surface area contributed by atoms with Crippen LogP contribution in [-0.4, -0.2) is 58.6 Å². The molecule has 5 heteroatoms. The summed E-state index contributed by atoms with van der Waals surface area (Å²) >= 11 is 0. The summed E-state index contributed by atoms with van der Waals surface area (Å²) in [7, 11) is 1.78. The summed E-state index contributed by atoms with van der Waals surface area (Å²) in [5.41, 5.74) is -0.264. The van der Waals surface area contributed by atoms with Gasteiger partial charge in [-0.1, -0.05) is 26.8 Å². The number of hydrogen-bond acceptors (Lipinski definition) is 5. The Bertz CT molecular complexity index is 1160. The van der Waals surface area contributed by atoms with Gasteiger partial charge in [0.25, 0.3) is 0 Å². The highest BCUT2D eigenvalue weighted by molar-refractivity contribution is 5.63. The van der Waals surface area contributed by atoms with E-state index < -0.39 is 17.7 Å². The van der Waals surface area contributed by atoms with Crippen molar-refractivity contribution in [2.45, 2.75) is 108 Å². The van der Waals surface area contributed by atoms with Crippen molar-refractivity contribution in [3.05, 3.63) is 23.3 Å². The van der Waals surface area contributed by atoms with Gasteiger partial charge in [0.05, 0.1) is 5.60 Å². The molecule has 0 unspecified atom stereocenters. The van der Waals surface area contributed by atoms with Crippen molar-refractivity contribution in [1.82, 2.24) is 4.90 Å². The number of ether oxygens (including phenoxy) is 2. The molecule has 1 aromatic carbocycles. The molecule has 2 N–H and O–H groups in total. The summed E-state index contributed by atoms with van der Waals surface area (Å²) in [6.45, 7) is 7.80. The summed E-state index contributed by atoms with van der Waals surface area (Å²) < 4.78 is 31.9. The molecule has 4 saturated carbocycles. The quantitative estimate of drug-likeness (QED) is 0.608. The van der Waals surface area contributed by atoms with Gasteiger partial charge >= 0.3 is 0 Å². The Morgan fingerprint density at radius 2 is 2.00 bits per heavy atom. The largest absolute Gasteiger partial charge is 0.504 e. The van der Waals surface area contributed by atoms with Gasteiger partial charge in [0.1, 0.15) is 11.7 Å². The van der Waals surface area contributed by atoms with Crippen molar-refractivity contribution in [3.8, 4) is 11.5 Å². The van der Waals surface area contributed by atoms with Gasteiger partial charge in [0, 0.05) is 44.7 Å². The highest BCUT2D eigenvalue weighted by atomic mass is 16.6. The lowest BCUT2D eigenvalue weighted by Crippen LogP contribution is -2.83. The molecule has 2 aliphatic heterocycles. The molecule has 5 nitrogen and oxygen atoms in total. The van der Waals surface area contributed by atoms with Crippen LogP contribution in [0, 0.1) is 22.7 Å². The van der Waals surface area contributed by atoms with Gasteiger partial charge in [0.15, 0.2) is 11.5 Å². The fraction of sp³-hybridized carbons (Fsp3) is 0.800. The van der Waals surface area contributed by atoms with E-state index in [1.54, 1.807) is 13.2 Å². The Balaban J connectivity index is 1.48. The predicted octanol–water partition coefficient (Wildman–Crippen LogP) is 4.80. The zero-order valence-corrected chi connectivity index (χ0v) is 22.0. The van der Waals surface area contributed by atoms with Gasteiger partial charge in [-0.15, -0.1) is 0 Å². The molecule has 8 rings (SSSR count). The smallest absolute Gasteiger partial charge is 0.165 e. The molecule has 5 fully saturated rings. The molecular weight excluding hydrogens is 438 g/mol. The van der Waals surface area contributed by atoms with E-state index in [9.17, 15) is 13.0 Å². The number of phenolic OH excluding ortho intramolecular Hbond substituents is 1. The lowest BCUT2D eigenvalue weighted by atomic mass is 9.33. The van der Waals surface area contributed by atoms with Crippen LogP contribution < -0.4 is 4.74 Å². The number of benzene rings is 1. The molecule has 192 valence electrons. The summed E-state index contributed by atoms with van der Waals surface area (Å²) in [5, 5.41) is 23.4. The number of rotatable bonds is 6. The van der Waals surface area contributed by atoms with Crippen molar-refractivity contribution in [1.29, 1.82) is 0 Å². The van der Waals surface area contributed by atoms with Crippen LogP contribution in [-0.2, 0) is 16.6 Å². The number of aliphatic hydroxyl groups is 1. The molecular formula is C30H43NO4. The van der Waals surface area contributed by atoms with Crippen LogP contribution in [0.1, 0.15) is 86.5 Å². The number of phenols is 1. The zero-order valence-electron chi connectivity index (χ0n) is 24.0. The first kappa shape index (κ1) is 20.7. The Kier molecular flexibility index (Phi) is 4.00. The lowest BCUT2D eigenvalue weighted by Gasteiger charge is -2.75. The van der Waals surface area contributed by atoms with Crippen molar-refractivity contribution < 1.29 is 22.4 Å². The third-order valence-corrected chi connectivity index (χ3v) is 12.2. The lowest BCUT2D eigenvalue weighted by molar-refractivity contribution is -0.313. The Morgan fingerprint density at radius 3 is 2.69 bits per heavy atom. The van der Waals surface area contributed by atoms with Gasteiger partial charge < -0.3 is 19.7 Å². The predicted molar refractivity (Wildman–Crippen MR) is 135 cm³/mol. The first-order valence-corrected chi connectivity index (χ1v) is 13.9. The van der Waals surface area contributed by atoms with E-state index in [1.165, 1.54) is 5.56 Å². The van der Waals surface area contributed by atoms with E-state index in [-0.39, 0.29) is 46.0 Å². The molecule has 4 bridgehead atoms. The van der Waals surface area contributed by atoms with Crippen LogP contribution in [0.5, 0.6) is 11.5 Å². The number of piperidine rings is 1. The monoisotopic (exact) mass is 483 g/mol. The molecule has 1 saturated heterocycles. The maximum Gasteiger partial charge on any atom is 0.165 e. The average molecular weight is 484 g/mol. The summed E-state index contributed by atoms with van der Waals surface area (Å²) in [5.74, 6) is 0.740. The maximum absolute atomic E-state index is 12.4. The summed E-state index contributed by atoms with van der Waals surface area (Å²) in [4.78, 5) is 2.22. The van der Waals surface area contributed by atoms with Gasteiger partial charge in [-0.3, -0.25) is 4.90 Å². The minimum Gasteiger partial charge on any atom is -0.504 e. The SMILES string of the molecule is [2H]C([2H])(C1CC1)N1CC[C@]23c4c5ccc(O)c4O[C@H]2[C@@]2(OC)CC[C@@]3(C[C@@H]2[C@](C)(O)C(C)(C)CC)[C@H]1C5. The van der Waals surface area contributed by atoms with Crippen molar-refractivity contribution in [2.24, 2.45) is 22.7 Å². The van der Waals surface area contributed by atoms with Crippen LogP contribution in [0.25, 0.3) is 0 Å². The Labute approximate surface area is 213 Å². The minimum atomic E-state index is -1.33. The minimum absolute atomic E-state index is 0.0316. The third kappa shape index (κ3) is 2.43. The molecule has 0 radical (unpaired) electrons. The molecule has 35 heavy (non-hydrogen) atoms. The Hall–Kier alpha value is -1.30. The second-order valence-electron chi connectivity index (χ2n) is 13.4. The highest BCUT2D eigenvalue weighted by Gasteiger charge is 2.82. The highest BCUT2D eigenvalue weighted by Crippen LogP contribution is 2.78. The van der Waals surface area contributed by atoms with Crippen LogP contribution in [0.15, 0.2) is 12.1 Å². The number of nitrogens with zero attached hydrogens (tertiary/aromatic N) is 1. The number of likely N-dealkylation sites (tertiary alicyclic amines) is 1. The van der Waals surface area contributed by atoms with E-state index >= 15 is 0 Å². The van der Waals surface area contributed by atoms with Gasteiger partial charge in [-0.2, -0.15) is 0 Å². The first-order chi connectivity index (χ1) is 17.3. The molecule has 2 heterocycles. The van der Waals surface area contributed by atoms with Gasteiger partial charge in [0.2, 0.25) is 0 Å². The summed E-state index contributed by atoms with van der Waals surface area (Å²) in [6, 6.07) is 3.84. The van der Waals surface area contributed by atoms with Crippen molar-refractivity contribution >= 4 is 0 Å². The van der Waals surface area contributed by atoms with E-state index in [0.717, 1.165) is 56.9 Å². The molecule has 0 amide bonds. The van der Waals surface area contributed by atoms with Crippen LogP contribution in [0.2, 0.25) is 0 Å². The maximum atomic E-state index is 12.4. The molecule has 7 aliphatic rings. The topological polar surface area (TPSA) is 62.2 Å². The standard InChI is InChI=1S/C30H43NO4/c1-6-26(2,3)27(4,33)21-16-28-11-12-30(21,34-5)25-29(28)13-14-31(17-18-7-8-18)22(28)15-19-9-10-20(32)24(35-25)23(19)29/h9-10,18,21-22,25,32-33H,6-8,11-17H2,1-5H3/t21-,22-,25-,27+,28-,29+,30-/m1/s1/i17D2. The third-order valence-electron chi connectivity index (χ3n) is 12.2. The normalized spacial score (nSPS) is 44.2. The van der Waals surface area contributed by atoms with E-state index in [1.807, 2.05) is 13.0 Å². The van der Waals surface area contributed by atoms with Crippen molar-refractivity contribution in [3.63, 3.8) is 0 Å². The fourth-order valence-electron chi connectivity index (χ4n) is 9.54. The van der Waals surface area contributed by atoms with Crippen LogP contribution in [0.3, 0.4) is 0 Å². The molecule has 1 aromatic rings. The number of hydrogen-bond donors (Lipinski definition) is 2. The number of aromatic hydroxyl groups is 1. The molecule has 2 spiro atoms. The van der Waals surface area contributed by atoms with Gasteiger partial charge in [-0.05, 0) is 87.8 Å². The first-order valence-electron chi connectivity index (χ1n) is 14.9. The van der Waals surface area contributed by atoms with Crippen LogP contribution in [0.4, 0.5) is 0 Å². The molecule has 5 aliphatic carbocycles. The van der Waals surface area contributed by atoms with Crippen molar-refractivity contribution in [2.75, 3.05) is 20.2 Å². The molecule has 0 aromatic heterocycles. The van der Waals surface area contributed by atoms with E-state index in [0.29, 0.717) is 12.3 Å².